The van der Waals surface area contributed by atoms with Gasteiger partial charge < -0.3 is 0 Å². The van der Waals surface area contributed by atoms with Crippen molar-refractivity contribution in [2.75, 3.05) is 0 Å². The van der Waals surface area contributed by atoms with Crippen molar-refractivity contribution in [3.05, 3.63) is 53.3 Å². The molecule has 2 aliphatic carbocycles. The molecular weight excluding hydrogens is 242 g/mol. The molecule has 0 bridgehead atoms. The lowest BCUT2D eigenvalue weighted by Crippen LogP contribution is -2.17. The maximum Gasteiger partial charge on any atom is 0.0582 e. The molecular formula is C19H21N. The number of benzene rings is 1. The van der Waals surface area contributed by atoms with Crippen molar-refractivity contribution >= 4 is 0 Å². The Morgan fingerprint density at radius 1 is 1.05 bits per heavy atom. The minimum absolute atomic E-state index is 0.0422. The maximum absolute atomic E-state index is 4.65. The minimum Gasteiger partial charge on any atom is -0.260 e. The van der Waals surface area contributed by atoms with Crippen molar-refractivity contribution in [1.82, 2.24) is 4.98 Å². The molecule has 2 aromatic rings. The van der Waals surface area contributed by atoms with Crippen molar-refractivity contribution in [2.45, 2.75) is 50.9 Å². The molecule has 1 aromatic carbocycles. The van der Waals surface area contributed by atoms with Crippen LogP contribution < -0.4 is 0 Å². The molecule has 20 heavy (non-hydrogen) atoms. The van der Waals surface area contributed by atoms with Gasteiger partial charge in [-0.05, 0) is 41.5 Å². The van der Waals surface area contributed by atoms with Gasteiger partial charge >= 0.3 is 0 Å². The molecule has 0 aliphatic heterocycles. The van der Waals surface area contributed by atoms with E-state index in [0.29, 0.717) is 0 Å². The molecule has 0 N–H and O–H groups in total. The predicted molar refractivity (Wildman–Crippen MR) is 83.0 cm³/mol. The van der Waals surface area contributed by atoms with E-state index in [-0.39, 0.29) is 5.41 Å². The molecule has 2 aliphatic rings. The summed E-state index contributed by atoms with van der Waals surface area (Å²) in [7, 11) is 0. The zero-order chi connectivity index (χ0) is 13.7. The van der Waals surface area contributed by atoms with Gasteiger partial charge in [-0.3, -0.25) is 4.98 Å². The van der Waals surface area contributed by atoms with Gasteiger partial charge in [-0.1, -0.05) is 51.0 Å². The zero-order valence-electron chi connectivity index (χ0n) is 12.3. The summed E-state index contributed by atoms with van der Waals surface area (Å²) in [6.07, 6.45) is 7.44. The number of pyridine rings is 1. The Kier molecular flexibility index (Phi) is 2.54. The van der Waals surface area contributed by atoms with Crippen LogP contribution in [0.15, 0.2) is 36.5 Å². The fourth-order valence-corrected chi connectivity index (χ4v) is 4.08. The SMILES string of the molecule is CC1(C)c2cc(C3CCCC3)ccc2-c2cccnc21. The van der Waals surface area contributed by atoms with Crippen LogP contribution in [0.4, 0.5) is 0 Å². The van der Waals surface area contributed by atoms with E-state index in [0.717, 1.165) is 5.92 Å². The monoisotopic (exact) mass is 263 g/mol. The second kappa shape index (κ2) is 4.18. The topological polar surface area (TPSA) is 12.9 Å². The van der Waals surface area contributed by atoms with Crippen LogP contribution in [0.3, 0.4) is 0 Å². The van der Waals surface area contributed by atoms with Crippen molar-refractivity contribution in [1.29, 1.82) is 0 Å². The van der Waals surface area contributed by atoms with Gasteiger partial charge in [0, 0.05) is 17.2 Å². The Labute approximate surface area is 121 Å². The number of rotatable bonds is 1. The van der Waals surface area contributed by atoms with Crippen LogP contribution in [0.25, 0.3) is 11.1 Å². The maximum atomic E-state index is 4.65. The standard InChI is InChI=1S/C19H21N/c1-19(2)17-12-14(13-6-3-4-7-13)9-10-15(17)16-8-5-11-20-18(16)19/h5,8-13H,3-4,6-7H2,1-2H3. The molecule has 4 rings (SSSR count). The third-order valence-electron chi connectivity index (χ3n) is 5.23. The molecule has 0 amide bonds. The largest absolute Gasteiger partial charge is 0.260 e. The van der Waals surface area contributed by atoms with Gasteiger partial charge in [0.25, 0.3) is 0 Å². The molecule has 102 valence electrons. The Bertz CT molecular complexity index is 663. The highest BCUT2D eigenvalue weighted by molar-refractivity contribution is 5.79. The predicted octanol–water partition coefficient (Wildman–Crippen LogP) is 5.05. The Balaban J connectivity index is 1.87. The lowest BCUT2D eigenvalue weighted by molar-refractivity contribution is 0.632. The summed E-state index contributed by atoms with van der Waals surface area (Å²) >= 11 is 0. The highest BCUT2D eigenvalue weighted by Gasteiger charge is 2.37. The van der Waals surface area contributed by atoms with E-state index in [4.69, 9.17) is 0 Å². The molecule has 1 saturated carbocycles. The molecule has 1 aromatic heterocycles. The van der Waals surface area contributed by atoms with Gasteiger partial charge in [0.15, 0.2) is 0 Å². The Morgan fingerprint density at radius 3 is 2.65 bits per heavy atom. The number of hydrogen-bond donors (Lipinski definition) is 0. The van der Waals surface area contributed by atoms with Crippen LogP contribution in [-0.2, 0) is 5.41 Å². The van der Waals surface area contributed by atoms with Crippen LogP contribution in [0.1, 0.15) is 62.3 Å². The fraction of sp³-hybridized carbons (Fsp3) is 0.421. The normalized spacial score (nSPS) is 19.9. The first kappa shape index (κ1) is 12.1. The first-order valence-electron chi connectivity index (χ1n) is 7.78. The highest BCUT2D eigenvalue weighted by Crippen LogP contribution is 2.48. The Hall–Kier alpha value is -1.63. The van der Waals surface area contributed by atoms with Gasteiger partial charge in [-0.25, -0.2) is 0 Å². The van der Waals surface area contributed by atoms with Crippen molar-refractivity contribution in [2.24, 2.45) is 0 Å². The average molecular weight is 263 g/mol. The minimum atomic E-state index is 0.0422. The smallest absolute Gasteiger partial charge is 0.0582 e. The summed E-state index contributed by atoms with van der Waals surface area (Å²) in [6.45, 7) is 4.62. The molecule has 1 heterocycles. The average Bonchev–Trinajstić information content (AvgIpc) is 3.07. The third kappa shape index (κ3) is 1.59. The summed E-state index contributed by atoms with van der Waals surface area (Å²) < 4.78 is 0. The Morgan fingerprint density at radius 2 is 1.85 bits per heavy atom. The van der Waals surface area contributed by atoms with E-state index in [2.05, 4.69) is 49.2 Å². The van der Waals surface area contributed by atoms with Crippen molar-refractivity contribution in [3.63, 3.8) is 0 Å². The zero-order valence-corrected chi connectivity index (χ0v) is 12.3. The fourth-order valence-electron chi connectivity index (χ4n) is 4.08. The summed E-state index contributed by atoms with van der Waals surface area (Å²) in [5.74, 6) is 0.785. The summed E-state index contributed by atoms with van der Waals surface area (Å²) in [4.78, 5) is 4.65. The summed E-state index contributed by atoms with van der Waals surface area (Å²) in [6, 6.07) is 11.4. The molecule has 0 atom stereocenters. The first-order chi connectivity index (χ1) is 9.68. The number of aromatic nitrogens is 1. The second-order valence-electron chi connectivity index (χ2n) is 6.81. The van der Waals surface area contributed by atoms with E-state index in [1.165, 1.54) is 48.1 Å². The number of nitrogens with zero attached hydrogens (tertiary/aromatic N) is 1. The third-order valence-corrected chi connectivity index (χ3v) is 5.23. The van der Waals surface area contributed by atoms with E-state index >= 15 is 0 Å². The number of fused-ring (bicyclic) bond motifs is 3. The summed E-state index contributed by atoms with van der Waals surface area (Å²) in [5.41, 5.74) is 7.00. The molecule has 1 heteroatoms. The van der Waals surface area contributed by atoms with Crippen LogP contribution in [-0.4, -0.2) is 4.98 Å². The van der Waals surface area contributed by atoms with E-state index in [9.17, 15) is 0 Å². The van der Waals surface area contributed by atoms with Crippen LogP contribution >= 0.6 is 0 Å². The van der Waals surface area contributed by atoms with Gasteiger partial charge in [-0.2, -0.15) is 0 Å². The first-order valence-corrected chi connectivity index (χ1v) is 7.78. The molecule has 0 saturated heterocycles. The van der Waals surface area contributed by atoms with E-state index in [1.807, 2.05) is 6.20 Å². The summed E-state index contributed by atoms with van der Waals surface area (Å²) in [5, 5.41) is 0. The van der Waals surface area contributed by atoms with Crippen LogP contribution in [0.2, 0.25) is 0 Å². The quantitative estimate of drug-likeness (QED) is 0.702. The van der Waals surface area contributed by atoms with Crippen LogP contribution in [0.5, 0.6) is 0 Å². The highest BCUT2D eigenvalue weighted by atomic mass is 14.7. The lowest BCUT2D eigenvalue weighted by Gasteiger charge is -2.21. The van der Waals surface area contributed by atoms with Gasteiger partial charge in [-0.15, -0.1) is 0 Å². The van der Waals surface area contributed by atoms with Crippen LogP contribution in [0, 0.1) is 0 Å². The number of hydrogen-bond acceptors (Lipinski definition) is 1. The van der Waals surface area contributed by atoms with Crippen molar-refractivity contribution < 1.29 is 0 Å². The van der Waals surface area contributed by atoms with Gasteiger partial charge in [0.2, 0.25) is 0 Å². The molecule has 0 unspecified atom stereocenters. The van der Waals surface area contributed by atoms with E-state index < -0.39 is 0 Å². The lowest BCUT2D eigenvalue weighted by atomic mass is 9.83. The second-order valence-corrected chi connectivity index (χ2v) is 6.81. The molecule has 1 nitrogen and oxygen atoms in total. The molecule has 0 radical (unpaired) electrons. The van der Waals surface area contributed by atoms with E-state index in [1.54, 1.807) is 5.56 Å². The molecule has 1 fully saturated rings. The molecule has 0 spiro atoms. The van der Waals surface area contributed by atoms with Gasteiger partial charge in [0.05, 0.1) is 5.69 Å². The van der Waals surface area contributed by atoms with Crippen molar-refractivity contribution in [3.8, 4) is 11.1 Å². The van der Waals surface area contributed by atoms with Gasteiger partial charge in [0.1, 0.15) is 0 Å².